The van der Waals surface area contributed by atoms with E-state index < -0.39 is 10.8 Å². The first-order valence-corrected chi connectivity index (χ1v) is 11.2. The SMILES string of the molecule is C/C(=N\NC(=O)c1nnn(-c2nonc2N)c1-c1ccc([N+](=O)[O-])cc1)c1ccc(-c2ccccc2)cc1. The number of hydrazone groups is 1. The van der Waals surface area contributed by atoms with Gasteiger partial charge >= 0.3 is 0 Å². The van der Waals surface area contributed by atoms with E-state index in [1.807, 2.05) is 54.6 Å². The number of nitrogens with one attached hydrogen (secondary N) is 1. The summed E-state index contributed by atoms with van der Waals surface area (Å²) in [5, 5.41) is 30.5. The standard InChI is InChI=1S/C25H19N9O4/c1-15(16-7-9-18(10-8-16)17-5-3-2-4-6-17)27-29-25(35)21-22(19-11-13-20(14-12-19)34(36)37)33(32-28-21)24-23(26)30-38-31-24/h2-14H,1H3,(H2,26,30)(H,29,35)/b27-15+. The zero-order valence-electron chi connectivity index (χ0n) is 19.8. The summed E-state index contributed by atoms with van der Waals surface area (Å²) in [5.74, 6) is -0.749. The Morgan fingerprint density at radius 3 is 2.26 bits per heavy atom. The van der Waals surface area contributed by atoms with Crippen LogP contribution in [0, 0.1) is 10.1 Å². The molecule has 13 heteroatoms. The second-order valence-corrected chi connectivity index (χ2v) is 8.06. The smallest absolute Gasteiger partial charge is 0.294 e. The Bertz CT molecular complexity index is 1640. The molecule has 3 aromatic carbocycles. The highest BCUT2D eigenvalue weighted by molar-refractivity contribution is 6.02. The molecule has 0 aliphatic carbocycles. The number of nitrogen functional groups attached to an aromatic ring is 1. The highest BCUT2D eigenvalue weighted by Gasteiger charge is 2.25. The third-order valence-corrected chi connectivity index (χ3v) is 5.67. The van der Waals surface area contributed by atoms with Gasteiger partial charge in [0.1, 0.15) is 5.69 Å². The molecule has 1 amide bonds. The Labute approximate surface area is 214 Å². The maximum absolute atomic E-state index is 13.1. The minimum Gasteiger partial charge on any atom is -0.378 e. The number of hydrogen-bond acceptors (Lipinski definition) is 10. The van der Waals surface area contributed by atoms with E-state index in [1.165, 1.54) is 28.9 Å². The summed E-state index contributed by atoms with van der Waals surface area (Å²) in [7, 11) is 0. The molecule has 188 valence electrons. The predicted molar refractivity (Wildman–Crippen MR) is 137 cm³/mol. The second kappa shape index (κ2) is 10.1. The van der Waals surface area contributed by atoms with Gasteiger partial charge < -0.3 is 5.73 Å². The number of carbonyl (C=O) groups excluding carboxylic acids is 1. The summed E-state index contributed by atoms with van der Waals surface area (Å²) in [6.07, 6.45) is 0. The molecule has 0 aliphatic heterocycles. The number of amides is 1. The van der Waals surface area contributed by atoms with Gasteiger partial charge in [-0.05, 0) is 46.1 Å². The lowest BCUT2D eigenvalue weighted by Crippen LogP contribution is -2.21. The summed E-state index contributed by atoms with van der Waals surface area (Å²) < 4.78 is 5.82. The maximum Gasteiger partial charge on any atom is 0.294 e. The molecular formula is C25H19N9O4. The number of rotatable bonds is 7. The molecule has 0 fully saturated rings. The molecule has 3 N–H and O–H groups in total. The number of nitrogens with zero attached hydrogens (tertiary/aromatic N) is 7. The van der Waals surface area contributed by atoms with Crippen LogP contribution in [0.25, 0.3) is 28.2 Å². The van der Waals surface area contributed by atoms with Gasteiger partial charge in [0.2, 0.25) is 11.6 Å². The number of nitro groups is 1. The van der Waals surface area contributed by atoms with E-state index in [9.17, 15) is 14.9 Å². The minimum absolute atomic E-state index is 0.00286. The molecule has 0 spiro atoms. The first-order chi connectivity index (χ1) is 18.4. The second-order valence-electron chi connectivity index (χ2n) is 8.06. The monoisotopic (exact) mass is 509 g/mol. The lowest BCUT2D eigenvalue weighted by molar-refractivity contribution is -0.384. The number of non-ortho nitro benzene ring substituents is 1. The van der Waals surface area contributed by atoms with Crippen LogP contribution in [0.4, 0.5) is 11.5 Å². The summed E-state index contributed by atoms with van der Waals surface area (Å²) in [6.45, 7) is 1.76. The molecule has 0 atom stereocenters. The van der Waals surface area contributed by atoms with Crippen LogP contribution in [0.15, 0.2) is 88.6 Å². The molecule has 0 unspecified atom stereocenters. The van der Waals surface area contributed by atoms with Crippen molar-refractivity contribution >= 4 is 23.1 Å². The van der Waals surface area contributed by atoms with Crippen molar-refractivity contribution in [1.29, 1.82) is 0 Å². The summed E-state index contributed by atoms with van der Waals surface area (Å²) >= 11 is 0. The average Bonchev–Trinajstić information content (AvgIpc) is 3.58. The van der Waals surface area contributed by atoms with Gasteiger partial charge in [0.15, 0.2) is 5.69 Å². The van der Waals surface area contributed by atoms with Crippen LogP contribution >= 0.6 is 0 Å². The van der Waals surface area contributed by atoms with E-state index in [0.29, 0.717) is 11.3 Å². The van der Waals surface area contributed by atoms with E-state index in [2.05, 4.69) is 35.8 Å². The summed E-state index contributed by atoms with van der Waals surface area (Å²) in [5.41, 5.74) is 12.1. The van der Waals surface area contributed by atoms with Crippen LogP contribution in [0.5, 0.6) is 0 Å². The number of nitrogens with two attached hydrogens (primary N) is 1. The maximum atomic E-state index is 13.1. The van der Waals surface area contributed by atoms with Gasteiger partial charge in [-0.2, -0.15) is 9.78 Å². The Balaban J connectivity index is 1.43. The fourth-order valence-electron chi connectivity index (χ4n) is 3.71. The van der Waals surface area contributed by atoms with Crippen molar-refractivity contribution in [3.8, 4) is 28.2 Å². The van der Waals surface area contributed by atoms with Crippen molar-refractivity contribution in [1.82, 2.24) is 30.7 Å². The van der Waals surface area contributed by atoms with E-state index in [1.54, 1.807) is 6.92 Å². The number of benzene rings is 3. The first-order valence-electron chi connectivity index (χ1n) is 11.2. The van der Waals surface area contributed by atoms with Crippen LogP contribution < -0.4 is 11.2 Å². The van der Waals surface area contributed by atoms with E-state index in [4.69, 9.17) is 5.73 Å². The topological polar surface area (TPSA) is 180 Å². The van der Waals surface area contributed by atoms with E-state index in [-0.39, 0.29) is 28.7 Å². The van der Waals surface area contributed by atoms with Gasteiger partial charge in [-0.15, -0.1) is 5.10 Å². The van der Waals surface area contributed by atoms with Crippen molar-refractivity contribution in [3.05, 3.63) is 100 Å². The molecule has 5 rings (SSSR count). The lowest BCUT2D eigenvalue weighted by Gasteiger charge is -2.07. The fraction of sp³-hybridized carbons (Fsp3) is 0.0400. The Morgan fingerprint density at radius 1 is 0.974 bits per heavy atom. The summed E-state index contributed by atoms with van der Waals surface area (Å²) in [6, 6.07) is 23.2. The zero-order chi connectivity index (χ0) is 26.6. The van der Waals surface area contributed by atoms with Gasteiger partial charge in [-0.3, -0.25) is 14.9 Å². The van der Waals surface area contributed by atoms with Crippen LogP contribution in [0.1, 0.15) is 23.0 Å². The van der Waals surface area contributed by atoms with Crippen LogP contribution in [0.2, 0.25) is 0 Å². The first kappa shape index (κ1) is 24.0. The largest absolute Gasteiger partial charge is 0.378 e. The van der Waals surface area contributed by atoms with E-state index in [0.717, 1.165) is 16.7 Å². The molecule has 0 aliphatic rings. The lowest BCUT2D eigenvalue weighted by atomic mass is 10.0. The molecule has 38 heavy (non-hydrogen) atoms. The van der Waals surface area contributed by atoms with Crippen LogP contribution in [-0.2, 0) is 0 Å². The molecule has 2 aromatic heterocycles. The Kier molecular flexibility index (Phi) is 6.38. The van der Waals surface area contributed by atoms with Crippen molar-refractivity contribution in [2.75, 3.05) is 5.73 Å². The van der Waals surface area contributed by atoms with Crippen molar-refractivity contribution in [3.63, 3.8) is 0 Å². The third-order valence-electron chi connectivity index (χ3n) is 5.67. The predicted octanol–water partition coefficient (Wildman–Crippen LogP) is 3.63. The Morgan fingerprint density at radius 2 is 1.63 bits per heavy atom. The van der Waals surface area contributed by atoms with E-state index >= 15 is 0 Å². The highest BCUT2D eigenvalue weighted by atomic mass is 16.6. The van der Waals surface area contributed by atoms with Crippen LogP contribution in [0.3, 0.4) is 0 Å². The molecule has 0 saturated carbocycles. The number of anilines is 1. The number of aromatic nitrogens is 5. The van der Waals surface area contributed by atoms with Gasteiger partial charge in [0, 0.05) is 17.7 Å². The van der Waals surface area contributed by atoms with Crippen molar-refractivity contribution < 1.29 is 14.3 Å². The fourth-order valence-corrected chi connectivity index (χ4v) is 3.71. The third kappa shape index (κ3) is 4.70. The molecule has 0 saturated heterocycles. The molecule has 0 radical (unpaired) electrons. The van der Waals surface area contributed by atoms with Gasteiger partial charge in [0.05, 0.1) is 10.6 Å². The molecule has 2 heterocycles. The van der Waals surface area contributed by atoms with Crippen molar-refractivity contribution in [2.45, 2.75) is 6.92 Å². The number of nitro benzene ring substituents is 1. The summed E-state index contributed by atoms with van der Waals surface area (Å²) in [4.78, 5) is 23.7. The molecule has 13 nitrogen and oxygen atoms in total. The quantitative estimate of drug-likeness (QED) is 0.188. The molecule has 0 bridgehead atoms. The van der Waals surface area contributed by atoms with Gasteiger partial charge in [-0.25, -0.2) is 10.1 Å². The van der Waals surface area contributed by atoms with Crippen LogP contribution in [-0.4, -0.2) is 41.8 Å². The highest BCUT2D eigenvalue weighted by Crippen LogP contribution is 2.28. The Hall–Kier alpha value is -5.72. The van der Waals surface area contributed by atoms with Crippen molar-refractivity contribution in [2.24, 2.45) is 5.10 Å². The average molecular weight is 509 g/mol. The van der Waals surface area contributed by atoms with Gasteiger partial charge in [0.25, 0.3) is 11.6 Å². The normalized spacial score (nSPS) is 11.3. The number of hydrogen-bond donors (Lipinski definition) is 2. The minimum atomic E-state index is -0.667. The molecular weight excluding hydrogens is 490 g/mol. The number of carbonyl (C=O) groups is 1. The van der Waals surface area contributed by atoms with Gasteiger partial charge in [-0.1, -0.05) is 59.8 Å². The zero-order valence-corrected chi connectivity index (χ0v) is 19.8. The molecule has 5 aromatic rings.